The van der Waals surface area contributed by atoms with E-state index in [0.717, 1.165) is 66.6 Å². The van der Waals surface area contributed by atoms with Crippen LogP contribution in [0.2, 0.25) is 0 Å². The molecule has 1 aliphatic rings. The Morgan fingerprint density at radius 1 is 0.964 bits per heavy atom. The maximum atomic E-state index is 13.7. The Morgan fingerprint density at radius 3 is 2.54 bits per heavy atom. The first-order chi connectivity index (χ1) is 13.7. The van der Waals surface area contributed by atoms with Crippen LogP contribution in [0.25, 0.3) is 16.6 Å². The summed E-state index contributed by atoms with van der Waals surface area (Å²) in [5.74, 6) is 2.25. The topological polar surface area (TPSA) is 75.3 Å². The van der Waals surface area contributed by atoms with Crippen molar-refractivity contribution >= 4 is 28.2 Å². The number of aromatic nitrogens is 6. The molecule has 1 aliphatic heterocycles. The van der Waals surface area contributed by atoms with Crippen LogP contribution in [0.4, 0.5) is 16.0 Å². The van der Waals surface area contributed by atoms with Crippen molar-refractivity contribution < 1.29 is 4.39 Å². The van der Waals surface area contributed by atoms with E-state index in [0.29, 0.717) is 0 Å². The van der Waals surface area contributed by atoms with Crippen molar-refractivity contribution in [2.45, 2.75) is 13.3 Å². The SMILES string of the molecule is CCc1nnc2c(N3CCN(c4ncnc5ccc(F)cc45)CC3)nccn12. The first-order valence-corrected chi connectivity index (χ1v) is 9.33. The molecule has 142 valence electrons. The maximum absolute atomic E-state index is 13.7. The smallest absolute Gasteiger partial charge is 0.203 e. The third-order valence-electron chi connectivity index (χ3n) is 5.15. The van der Waals surface area contributed by atoms with Crippen LogP contribution < -0.4 is 9.80 Å². The van der Waals surface area contributed by atoms with Crippen LogP contribution in [0.3, 0.4) is 0 Å². The molecule has 28 heavy (non-hydrogen) atoms. The molecule has 0 radical (unpaired) electrons. The molecule has 5 rings (SSSR count). The summed E-state index contributed by atoms with van der Waals surface area (Å²) in [6.45, 7) is 5.09. The molecule has 4 heterocycles. The van der Waals surface area contributed by atoms with E-state index in [1.807, 2.05) is 10.6 Å². The normalized spacial score (nSPS) is 14.9. The Kier molecular flexibility index (Phi) is 4.00. The number of nitrogens with zero attached hydrogens (tertiary/aromatic N) is 8. The Labute approximate surface area is 160 Å². The van der Waals surface area contributed by atoms with E-state index >= 15 is 0 Å². The first-order valence-electron chi connectivity index (χ1n) is 9.33. The summed E-state index contributed by atoms with van der Waals surface area (Å²) < 4.78 is 15.7. The van der Waals surface area contributed by atoms with Gasteiger partial charge in [-0.2, -0.15) is 0 Å². The molecule has 0 saturated carbocycles. The second kappa shape index (κ2) is 6.66. The Bertz CT molecular complexity index is 1150. The Morgan fingerprint density at radius 2 is 1.75 bits per heavy atom. The lowest BCUT2D eigenvalue weighted by atomic mass is 10.2. The van der Waals surface area contributed by atoms with Crippen molar-refractivity contribution in [2.75, 3.05) is 36.0 Å². The van der Waals surface area contributed by atoms with Crippen LogP contribution in [0.5, 0.6) is 0 Å². The number of piperazine rings is 1. The van der Waals surface area contributed by atoms with E-state index in [4.69, 9.17) is 0 Å². The molecule has 0 bridgehead atoms. The van der Waals surface area contributed by atoms with E-state index in [2.05, 4.69) is 41.9 Å². The fraction of sp³-hybridized carbons (Fsp3) is 0.316. The lowest BCUT2D eigenvalue weighted by molar-refractivity contribution is 0.628. The van der Waals surface area contributed by atoms with Gasteiger partial charge < -0.3 is 9.80 Å². The highest BCUT2D eigenvalue weighted by atomic mass is 19.1. The van der Waals surface area contributed by atoms with Crippen LogP contribution in [0, 0.1) is 5.82 Å². The summed E-state index contributed by atoms with van der Waals surface area (Å²) in [7, 11) is 0. The van der Waals surface area contributed by atoms with Crippen molar-refractivity contribution in [1.82, 2.24) is 29.5 Å². The highest BCUT2D eigenvalue weighted by Crippen LogP contribution is 2.26. The Balaban J connectivity index is 1.42. The van der Waals surface area contributed by atoms with Gasteiger partial charge in [0.15, 0.2) is 5.82 Å². The van der Waals surface area contributed by atoms with Gasteiger partial charge in [-0.05, 0) is 18.2 Å². The fourth-order valence-electron chi connectivity index (χ4n) is 3.72. The zero-order valence-electron chi connectivity index (χ0n) is 15.5. The molecule has 0 aliphatic carbocycles. The monoisotopic (exact) mass is 378 g/mol. The summed E-state index contributed by atoms with van der Waals surface area (Å²) in [5, 5.41) is 9.32. The third kappa shape index (κ3) is 2.70. The second-order valence-corrected chi connectivity index (χ2v) is 6.75. The van der Waals surface area contributed by atoms with Crippen molar-refractivity contribution in [3.8, 4) is 0 Å². The summed E-state index contributed by atoms with van der Waals surface area (Å²) >= 11 is 0. The summed E-state index contributed by atoms with van der Waals surface area (Å²) in [6, 6.07) is 4.61. The minimum atomic E-state index is -0.281. The zero-order valence-corrected chi connectivity index (χ0v) is 15.5. The van der Waals surface area contributed by atoms with Gasteiger partial charge in [-0.25, -0.2) is 19.3 Å². The molecule has 4 aromatic rings. The molecule has 0 atom stereocenters. The number of hydrogen-bond donors (Lipinski definition) is 0. The van der Waals surface area contributed by atoms with E-state index < -0.39 is 0 Å². The predicted molar refractivity (Wildman–Crippen MR) is 104 cm³/mol. The molecule has 0 amide bonds. The van der Waals surface area contributed by atoms with Crippen LogP contribution in [0.1, 0.15) is 12.7 Å². The number of halogens is 1. The summed E-state index contributed by atoms with van der Waals surface area (Å²) in [6.07, 6.45) is 6.04. The molecule has 0 N–H and O–H groups in total. The maximum Gasteiger partial charge on any atom is 0.203 e. The van der Waals surface area contributed by atoms with Gasteiger partial charge in [0, 0.05) is 50.4 Å². The van der Waals surface area contributed by atoms with Gasteiger partial charge in [-0.3, -0.25) is 4.40 Å². The number of aryl methyl sites for hydroxylation is 1. The number of anilines is 2. The lowest BCUT2D eigenvalue weighted by Crippen LogP contribution is -2.47. The molecular weight excluding hydrogens is 359 g/mol. The quantitative estimate of drug-likeness (QED) is 0.540. The molecule has 8 nitrogen and oxygen atoms in total. The summed E-state index contributed by atoms with van der Waals surface area (Å²) in [4.78, 5) is 17.6. The molecule has 1 saturated heterocycles. The lowest BCUT2D eigenvalue weighted by Gasteiger charge is -2.36. The van der Waals surface area contributed by atoms with E-state index in [1.54, 1.807) is 12.3 Å². The molecule has 0 unspecified atom stereocenters. The Hall–Kier alpha value is -3.36. The van der Waals surface area contributed by atoms with Gasteiger partial charge in [0.2, 0.25) is 5.65 Å². The minimum Gasteiger partial charge on any atom is -0.352 e. The number of rotatable bonds is 3. The van der Waals surface area contributed by atoms with E-state index in [1.165, 1.54) is 18.5 Å². The van der Waals surface area contributed by atoms with Crippen molar-refractivity contribution in [2.24, 2.45) is 0 Å². The molecular formula is C19H19FN8. The van der Waals surface area contributed by atoms with Crippen LogP contribution in [-0.2, 0) is 6.42 Å². The van der Waals surface area contributed by atoms with Crippen molar-refractivity contribution in [1.29, 1.82) is 0 Å². The zero-order chi connectivity index (χ0) is 19.1. The first kappa shape index (κ1) is 16.8. The highest BCUT2D eigenvalue weighted by Gasteiger charge is 2.23. The molecule has 9 heteroatoms. The van der Waals surface area contributed by atoms with Gasteiger partial charge in [-0.15, -0.1) is 10.2 Å². The van der Waals surface area contributed by atoms with E-state index in [-0.39, 0.29) is 5.82 Å². The third-order valence-corrected chi connectivity index (χ3v) is 5.15. The van der Waals surface area contributed by atoms with Gasteiger partial charge in [0.1, 0.15) is 23.8 Å². The number of fused-ring (bicyclic) bond motifs is 2. The molecule has 3 aromatic heterocycles. The highest BCUT2D eigenvalue weighted by molar-refractivity contribution is 5.89. The number of benzene rings is 1. The van der Waals surface area contributed by atoms with Crippen LogP contribution in [0.15, 0.2) is 36.9 Å². The van der Waals surface area contributed by atoms with Gasteiger partial charge >= 0.3 is 0 Å². The molecule has 1 aromatic carbocycles. The van der Waals surface area contributed by atoms with E-state index in [9.17, 15) is 4.39 Å². The fourth-order valence-corrected chi connectivity index (χ4v) is 3.72. The van der Waals surface area contributed by atoms with Gasteiger partial charge in [0.25, 0.3) is 0 Å². The predicted octanol–water partition coefficient (Wildman–Crippen LogP) is 2.10. The largest absolute Gasteiger partial charge is 0.352 e. The van der Waals surface area contributed by atoms with Gasteiger partial charge in [-0.1, -0.05) is 6.92 Å². The van der Waals surface area contributed by atoms with Crippen molar-refractivity contribution in [3.05, 3.63) is 48.6 Å². The number of hydrogen-bond acceptors (Lipinski definition) is 7. The van der Waals surface area contributed by atoms with Crippen molar-refractivity contribution in [3.63, 3.8) is 0 Å². The molecule has 1 fully saturated rings. The average molecular weight is 378 g/mol. The second-order valence-electron chi connectivity index (χ2n) is 6.75. The summed E-state index contributed by atoms with van der Waals surface area (Å²) in [5.41, 5.74) is 1.53. The van der Waals surface area contributed by atoms with Gasteiger partial charge in [0.05, 0.1) is 5.52 Å². The van der Waals surface area contributed by atoms with Crippen LogP contribution >= 0.6 is 0 Å². The standard InChI is InChI=1S/C19H19FN8/c1-2-16-24-25-19-18(21-5-6-28(16)19)27-9-7-26(8-10-27)17-14-11-13(20)3-4-15(14)22-12-23-17/h3-6,11-12H,2,7-10H2,1H3. The van der Waals surface area contributed by atoms with Crippen LogP contribution in [-0.4, -0.2) is 55.7 Å². The molecule has 0 spiro atoms. The average Bonchev–Trinajstić information content (AvgIpc) is 3.17. The minimum absolute atomic E-state index is 0.281.